The zero-order valence-corrected chi connectivity index (χ0v) is 7.49. The van der Waals surface area contributed by atoms with E-state index >= 15 is 0 Å². The normalized spacial score (nSPS) is 9.15. The summed E-state index contributed by atoms with van der Waals surface area (Å²) in [5.41, 5.74) is -0.00463. The lowest BCUT2D eigenvalue weighted by Gasteiger charge is -2.03. The van der Waals surface area contributed by atoms with E-state index in [0.717, 1.165) is 6.07 Å². The number of halogens is 2. The molecule has 0 aromatic heterocycles. The van der Waals surface area contributed by atoms with Gasteiger partial charge in [0.25, 0.3) is 0 Å². The largest absolute Gasteiger partial charge is 0.491 e. The van der Waals surface area contributed by atoms with Crippen molar-refractivity contribution < 1.29 is 13.5 Å². The van der Waals surface area contributed by atoms with E-state index in [0.29, 0.717) is 6.07 Å². The van der Waals surface area contributed by atoms with Crippen LogP contribution in [0.1, 0.15) is 0 Å². The van der Waals surface area contributed by atoms with Gasteiger partial charge in [0.05, 0.1) is 12.3 Å². The van der Waals surface area contributed by atoms with Crippen molar-refractivity contribution in [2.45, 2.75) is 0 Å². The smallest absolute Gasteiger partial charge is 0.181 e. The molecule has 0 heterocycles. The SMILES string of the molecule is COc1c(F)cc(F)cc1N=C=S. The fraction of sp³-hybridized carbons (Fsp3) is 0.125. The Hall–Kier alpha value is -1.32. The first kappa shape index (κ1) is 9.77. The summed E-state index contributed by atoms with van der Waals surface area (Å²) in [4.78, 5) is 3.46. The summed E-state index contributed by atoms with van der Waals surface area (Å²) in [6.07, 6.45) is 0. The number of ether oxygens (including phenoxy) is 1. The Morgan fingerprint density at radius 2 is 2.15 bits per heavy atom. The van der Waals surface area contributed by atoms with Crippen LogP contribution in [0.4, 0.5) is 14.5 Å². The molecule has 0 spiro atoms. The van der Waals surface area contributed by atoms with E-state index < -0.39 is 11.6 Å². The van der Waals surface area contributed by atoms with Gasteiger partial charge in [0.1, 0.15) is 11.5 Å². The number of nitrogens with zero attached hydrogens (tertiary/aromatic N) is 1. The van der Waals surface area contributed by atoms with Crippen LogP contribution in [0.15, 0.2) is 17.1 Å². The van der Waals surface area contributed by atoms with Gasteiger partial charge in [0.15, 0.2) is 11.6 Å². The van der Waals surface area contributed by atoms with Gasteiger partial charge in [-0.25, -0.2) is 8.78 Å². The molecule has 0 atom stereocenters. The molecule has 0 saturated heterocycles. The number of benzene rings is 1. The van der Waals surface area contributed by atoms with Crippen molar-refractivity contribution in [3.05, 3.63) is 23.8 Å². The molecule has 1 rings (SSSR count). The van der Waals surface area contributed by atoms with Gasteiger partial charge in [-0.15, -0.1) is 0 Å². The van der Waals surface area contributed by atoms with Gasteiger partial charge in [-0.2, -0.15) is 4.99 Å². The minimum Gasteiger partial charge on any atom is -0.491 e. The molecule has 0 fully saturated rings. The lowest BCUT2D eigenvalue weighted by molar-refractivity contribution is 0.385. The highest BCUT2D eigenvalue weighted by Crippen LogP contribution is 2.30. The number of methoxy groups -OCH3 is 1. The number of hydrogen-bond acceptors (Lipinski definition) is 3. The van der Waals surface area contributed by atoms with Crippen LogP contribution in [0.25, 0.3) is 0 Å². The molecule has 1 aromatic rings. The third kappa shape index (κ3) is 2.08. The topological polar surface area (TPSA) is 21.6 Å². The first-order chi connectivity index (χ1) is 6.19. The Morgan fingerprint density at radius 1 is 1.46 bits per heavy atom. The average molecular weight is 201 g/mol. The maximum absolute atomic E-state index is 12.9. The van der Waals surface area contributed by atoms with Crippen LogP contribution < -0.4 is 4.74 Å². The van der Waals surface area contributed by atoms with Gasteiger partial charge < -0.3 is 4.74 Å². The van der Waals surface area contributed by atoms with Gasteiger partial charge in [0, 0.05) is 12.1 Å². The number of thiocarbonyl (C=S) groups is 1. The van der Waals surface area contributed by atoms with Crippen LogP contribution in [0.5, 0.6) is 5.75 Å². The van der Waals surface area contributed by atoms with E-state index in [-0.39, 0.29) is 11.4 Å². The number of aliphatic imine (C=N–C) groups is 1. The van der Waals surface area contributed by atoms with Crippen LogP contribution in [0.3, 0.4) is 0 Å². The molecule has 0 aliphatic rings. The first-order valence-electron chi connectivity index (χ1n) is 3.30. The average Bonchev–Trinajstić information content (AvgIpc) is 2.04. The summed E-state index contributed by atoms with van der Waals surface area (Å²) < 4.78 is 30.3. The van der Waals surface area contributed by atoms with Crippen LogP contribution in [-0.2, 0) is 0 Å². The highest BCUT2D eigenvalue weighted by molar-refractivity contribution is 7.78. The Labute approximate surface area is 78.9 Å². The van der Waals surface area contributed by atoms with Crippen molar-refractivity contribution in [1.29, 1.82) is 0 Å². The van der Waals surface area contributed by atoms with Crippen LogP contribution >= 0.6 is 12.2 Å². The van der Waals surface area contributed by atoms with Crippen molar-refractivity contribution >= 4 is 23.1 Å². The van der Waals surface area contributed by atoms with Crippen LogP contribution in [0.2, 0.25) is 0 Å². The van der Waals surface area contributed by atoms with Gasteiger partial charge >= 0.3 is 0 Å². The van der Waals surface area contributed by atoms with E-state index in [9.17, 15) is 8.78 Å². The van der Waals surface area contributed by atoms with E-state index in [4.69, 9.17) is 0 Å². The van der Waals surface area contributed by atoms with Crippen molar-refractivity contribution in [3.63, 3.8) is 0 Å². The molecular formula is C8H5F2NOS. The summed E-state index contributed by atoms with van der Waals surface area (Å²) >= 11 is 4.31. The third-order valence-electron chi connectivity index (χ3n) is 1.36. The molecule has 0 radical (unpaired) electrons. The second kappa shape index (κ2) is 4.07. The minimum atomic E-state index is -0.813. The monoisotopic (exact) mass is 201 g/mol. The first-order valence-corrected chi connectivity index (χ1v) is 3.70. The molecule has 0 bridgehead atoms. The fourth-order valence-corrected chi connectivity index (χ4v) is 0.979. The standard InChI is InChI=1S/C8H5F2NOS/c1-12-8-6(10)2-5(9)3-7(8)11-4-13/h2-3H,1H3. The molecule has 0 aliphatic heterocycles. The Balaban J connectivity index is 3.37. The number of rotatable bonds is 2. The molecule has 0 N–H and O–H groups in total. The predicted octanol–water partition coefficient (Wildman–Crippen LogP) is 2.71. The summed E-state index contributed by atoms with van der Waals surface area (Å²) in [5, 5.41) is 2.01. The second-order valence-electron chi connectivity index (χ2n) is 2.14. The molecule has 1 aromatic carbocycles. The lowest BCUT2D eigenvalue weighted by atomic mass is 10.3. The van der Waals surface area contributed by atoms with Crippen molar-refractivity contribution in [2.75, 3.05) is 7.11 Å². The Bertz CT molecular complexity index is 375. The van der Waals surface area contributed by atoms with Gasteiger partial charge in [-0.05, 0) is 12.2 Å². The molecule has 68 valence electrons. The summed E-state index contributed by atoms with van der Waals surface area (Å²) in [6.45, 7) is 0. The molecule has 0 amide bonds. The molecule has 0 saturated carbocycles. The molecule has 13 heavy (non-hydrogen) atoms. The molecule has 5 heteroatoms. The fourth-order valence-electron chi connectivity index (χ4n) is 0.881. The minimum absolute atomic E-state index is 0.00463. The Kier molecular flexibility index (Phi) is 3.06. The summed E-state index contributed by atoms with van der Waals surface area (Å²) in [5.74, 6) is -1.69. The highest BCUT2D eigenvalue weighted by Gasteiger charge is 2.10. The van der Waals surface area contributed by atoms with E-state index in [1.54, 1.807) is 0 Å². The van der Waals surface area contributed by atoms with Crippen molar-refractivity contribution in [3.8, 4) is 5.75 Å². The quantitative estimate of drug-likeness (QED) is 0.542. The number of hydrogen-bond donors (Lipinski definition) is 0. The zero-order valence-electron chi connectivity index (χ0n) is 6.67. The van der Waals surface area contributed by atoms with Crippen molar-refractivity contribution in [1.82, 2.24) is 0 Å². The maximum atomic E-state index is 12.9. The summed E-state index contributed by atoms with van der Waals surface area (Å²) in [6, 6.07) is 1.72. The van der Waals surface area contributed by atoms with E-state index in [1.807, 2.05) is 5.16 Å². The van der Waals surface area contributed by atoms with Crippen LogP contribution in [0, 0.1) is 11.6 Å². The molecule has 0 unspecified atom stereocenters. The van der Waals surface area contributed by atoms with Crippen molar-refractivity contribution in [2.24, 2.45) is 4.99 Å². The summed E-state index contributed by atoms with van der Waals surface area (Å²) in [7, 11) is 1.26. The van der Waals surface area contributed by atoms with E-state index in [2.05, 4.69) is 21.9 Å². The van der Waals surface area contributed by atoms with Gasteiger partial charge in [-0.1, -0.05) is 0 Å². The molecule has 0 aliphatic carbocycles. The lowest BCUT2D eigenvalue weighted by Crippen LogP contribution is -1.89. The van der Waals surface area contributed by atoms with Gasteiger partial charge in [-0.3, -0.25) is 0 Å². The predicted molar refractivity (Wildman–Crippen MR) is 47.6 cm³/mol. The zero-order chi connectivity index (χ0) is 9.84. The highest BCUT2D eigenvalue weighted by atomic mass is 32.1. The number of isothiocyanates is 1. The van der Waals surface area contributed by atoms with Crippen LogP contribution in [-0.4, -0.2) is 12.3 Å². The third-order valence-corrected chi connectivity index (χ3v) is 1.45. The molecule has 2 nitrogen and oxygen atoms in total. The Morgan fingerprint density at radius 3 is 2.69 bits per heavy atom. The molecular weight excluding hydrogens is 196 g/mol. The van der Waals surface area contributed by atoms with Gasteiger partial charge in [0.2, 0.25) is 0 Å². The second-order valence-corrected chi connectivity index (χ2v) is 2.33. The maximum Gasteiger partial charge on any atom is 0.181 e. The van der Waals surface area contributed by atoms with E-state index in [1.165, 1.54) is 7.11 Å².